The highest BCUT2D eigenvalue weighted by atomic mass is 79.9. The average Bonchev–Trinajstić information content (AvgIpc) is 2.34. The lowest BCUT2D eigenvalue weighted by molar-refractivity contribution is 0.0991. The molecule has 0 N–H and O–H groups in total. The zero-order chi connectivity index (χ0) is 13.1. The molecule has 0 bridgehead atoms. The number of aryl methyl sites for hydroxylation is 1. The molecule has 1 heterocycles. The van der Waals surface area contributed by atoms with Gasteiger partial charge in [-0.05, 0) is 42.3 Å². The summed E-state index contributed by atoms with van der Waals surface area (Å²) in [5.74, 6) is -0.495. The van der Waals surface area contributed by atoms with Gasteiger partial charge in [0.2, 0.25) is 0 Å². The minimum Gasteiger partial charge on any atom is -0.294 e. The third-order valence-corrected chi connectivity index (χ3v) is 3.19. The molecule has 0 spiro atoms. The number of nitrogens with zero attached hydrogens (tertiary/aromatic N) is 1. The number of ketones is 1. The van der Waals surface area contributed by atoms with Crippen LogP contribution in [0.15, 0.2) is 41.1 Å². The van der Waals surface area contributed by atoms with Crippen LogP contribution >= 0.6 is 15.9 Å². The minimum atomic E-state index is -0.368. The summed E-state index contributed by atoms with van der Waals surface area (Å²) in [7, 11) is 0. The third-order valence-electron chi connectivity index (χ3n) is 2.70. The van der Waals surface area contributed by atoms with Crippen molar-refractivity contribution in [3.05, 3.63) is 63.6 Å². The summed E-state index contributed by atoms with van der Waals surface area (Å²) in [6, 6.07) is 6.35. The van der Waals surface area contributed by atoms with E-state index in [2.05, 4.69) is 20.9 Å². The second-order valence-corrected chi connectivity index (χ2v) is 4.94. The number of rotatable bonds is 3. The number of carbonyl (C=O) groups is 1. The first-order chi connectivity index (χ1) is 8.58. The van der Waals surface area contributed by atoms with E-state index < -0.39 is 0 Å². The van der Waals surface area contributed by atoms with Gasteiger partial charge in [-0.1, -0.05) is 15.9 Å². The predicted octanol–water partition coefficient (Wildman–Crippen LogP) is 3.72. The summed E-state index contributed by atoms with van der Waals surface area (Å²) in [5, 5.41) is 0. The van der Waals surface area contributed by atoms with Gasteiger partial charge in [0.1, 0.15) is 5.82 Å². The van der Waals surface area contributed by atoms with Crippen molar-refractivity contribution < 1.29 is 9.18 Å². The monoisotopic (exact) mass is 307 g/mol. The summed E-state index contributed by atoms with van der Waals surface area (Å²) in [5.41, 5.74) is 1.78. The summed E-state index contributed by atoms with van der Waals surface area (Å²) in [4.78, 5) is 16.0. The van der Waals surface area contributed by atoms with Gasteiger partial charge in [-0.3, -0.25) is 9.78 Å². The van der Waals surface area contributed by atoms with Gasteiger partial charge in [-0.25, -0.2) is 4.39 Å². The van der Waals surface area contributed by atoms with Crippen LogP contribution in [-0.2, 0) is 6.42 Å². The van der Waals surface area contributed by atoms with Gasteiger partial charge in [0.05, 0.1) is 0 Å². The van der Waals surface area contributed by atoms with E-state index in [1.165, 1.54) is 12.3 Å². The van der Waals surface area contributed by atoms with Crippen LogP contribution in [0, 0.1) is 12.7 Å². The van der Waals surface area contributed by atoms with Gasteiger partial charge in [0, 0.05) is 28.9 Å². The van der Waals surface area contributed by atoms with Crippen LogP contribution in [0.3, 0.4) is 0 Å². The standard InChI is InChI=1S/C14H11BrFNO/c1-9-4-5-17-8-12(9)14(18)7-10-6-11(15)2-3-13(10)16/h2-6,8H,7H2,1H3. The number of halogens is 2. The highest BCUT2D eigenvalue weighted by Crippen LogP contribution is 2.18. The summed E-state index contributed by atoms with van der Waals surface area (Å²) in [6.45, 7) is 1.84. The highest BCUT2D eigenvalue weighted by Gasteiger charge is 2.13. The van der Waals surface area contributed by atoms with Crippen LogP contribution < -0.4 is 0 Å². The molecule has 4 heteroatoms. The van der Waals surface area contributed by atoms with E-state index in [-0.39, 0.29) is 18.0 Å². The van der Waals surface area contributed by atoms with Crippen molar-refractivity contribution in [3.8, 4) is 0 Å². The van der Waals surface area contributed by atoms with E-state index in [9.17, 15) is 9.18 Å². The lowest BCUT2D eigenvalue weighted by atomic mass is 10.0. The van der Waals surface area contributed by atoms with Crippen molar-refractivity contribution in [2.45, 2.75) is 13.3 Å². The maximum Gasteiger partial charge on any atom is 0.169 e. The number of aromatic nitrogens is 1. The molecule has 2 nitrogen and oxygen atoms in total. The Hall–Kier alpha value is -1.55. The Morgan fingerprint density at radius 2 is 2.17 bits per heavy atom. The SMILES string of the molecule is Cc1ccncc1C(=O)Cc1cc(Br)ccc1F. The molecule has 0 fully saturated rings. The highest BCUT2D eigenvalue weighted by molar-refractivity contribution is 9.10. The van der Waals surface area contributed by atoms with Gasteiger partial charge in [-0.2, -0.15) is 0 Å². The largest absolute Gasteiger partial charge is 0.294 e. The Kier molecular flexibility index (Phi) is 3.87. The van der Waals surface area contributed by atoms with Crippen molar-refractivity contribution in [1.82, 2.24) is 4.98 Å². The fourth-order valence-electron chi connectivity index (χ4n) is 1.70. The summed E-state index contributed by atoms with van der Waals surface area (Å²) in [6.07, 6.45) is 3.19. The number of hydrogen-bond acceptors (Lipinski definition) is 2. The van der Waals surface area contributed by atoms with E-state index in [4.69, 9.17) is 0 Å². The van der Waals surface area contributed by atoms with E-state index in [1.54, 1.807) is 24.4 Å². The summed E-state index contributed by atoms with van der Waals surface area (Å²) >= 11 is 3.27. The Labute approximate surface area is 113 Å². The number of hydrogen-bond donors (Lipinski definition) is 0. The quantitative estimate of drug-likeness (QED) is 0.809. The number of benzene rings is 1. The molecular formula is C14H11BrFNO. The second-order valence-electron chi connectivity index (χ2n) is 4.03. The molecule has 0 atom stereocenters. The third kappa shape index (κ3) is 2.82. The first kappa shape index (κ1) is 12.9. The van der Waals surface area contributed by atoms with Gasteiger partial charge in [0.15, 0.2) is 5.78 Å². The molecule has 0 aliphatic rings. The van der Waals surface area contributed by atoms with Crippen LogP contribution in [0.4, 0.5) is 4.39 Å². The molecule has 0 amide bonds. The van der Waals surface area contributed by atoms with Crippen molar-refractivity contribution >= 4 is 21.7 Å². The van der Waals surface area contributed by atoms with E-state index in [0.717, 1.165) is 10.0 Å². The van der Waals surface area contributed by atoms with Crippen LogP contribution in [-0.4, -0.2) is 10.8 Å². The summed E-state index contributed by atoms with van der Waals surface area (Å²) < 4.78 is 14.3. The zero-order valence-corrected chi connectivity index (χ0v) is 11.4. The Morgan fingerprint density at radius 3 is 2.89 bits per heavy atom. The molecule has 2 rings (SSSR count). The number of Topliss-reactive ketones (excluding diaryl/α,β-unsaturated/α-hetero) is 1. The van der Waals surface area contributed by atoms with Crippen LogP contribution in [0.2, 0.25) is 0 Å². The molecule has 0 aliphatic carbocycles. The Morgan fingerprint density at radius 1 is 1.39 bits per heavy atom. The molecule has 0 saturated carbocycles. The fraction of sp³-hybridized carbons (Fsp3) is 0.143. The molecule has 1 aromatic carbocycles. The van der Waals surface area contributed by atoms with Crippen molar-refractivity contribution in [1.29, 1.82) is 0 Å². The lowest BCUT2D eigenvalue weighted by Gasteiger charge is -2.05. The van der Waals surface area contributed by atoms with Crippen molar-refractivity contribution in [2.75, 3.05) is 0 Å². The average molecular weight is 308 g/mol. The maximum atomic E-state index is 13.6. The van der Waals surface area contributed by atoms with Gasteiger partial charge >= 0.3 is 0 Å². The molecule has 2 aromatic rings. The molecule has 0 unspecified atom stereocenters. The minimum absolute atomic E-state index is 0.0395. The molecule has 92 valence electrons. The van der Waals surface area contributed by atoms with Gasteiger partial charge < -0.3 is 0 Å². The topological polar surface area (TPSA) is 30.0 Å². The van der Waals surface area contributed by atoms with Crippen molar-refractivity contribution in [2.24, 2.45) is 0 Å². The molecule has 1 aromatic heterocycles. The van der Waals surface area contributed by atoms with Crippen LogP contribution in [0.5, 0.6) is 0 Å². The molecular weight excluding hydrogens is 297 g/mol. The number of carbonyl (C=O) groups excluding carboxylic acids is 1. The van der Waals surface area contributed by atoms with E-state index in [1.807, 2.05) is 6.92 Å². The molecule has 18 heavy (non-hydrogen) atoms. The normalized spacial score (nSPS) is 10.4. The maximum absolute atomic E-state index is 13.6. The first-order valence-electron chi connectivity index (χ1n) is 5.45. The van der Waals surface area contributed by atoms with Gasteiger partial charge in [-0.15, -0.1) is 0 Å². The van der Waals surface area contributed by atoms with Crippen molar-refractivity contribution in [3.63, 3.8) is 0 Å². The first-order valence-corrected chi connectivity index (χ1v) is 6.25. The predicted molar refractivity (Wildman–Crippen MR) is 71.1 cm³/mol. The van der Waals surface area contributed by atoms with E-state index >= 15 is 0 Å². The fourth-order valence-corrected chi connectivity index (χ4v) is 2.11. The zero-order valence-electron chi connectivity index (χ0n) is 9.78. The molecule has 0 saturated heterocycles. The molecule has 0 radical (unpaired) electrons. The van der Waals surface area contributed by atoms with Gasteiger partial charge in [0.25, 0.3) is 0 Å². The second kappa shape index (κ2) is 5.40. The lowest BCUT2D eigenvalue weighted by Crippen LogP contribution is -2.07. The van der Waals surface area contributed by atoms with E-state index in [0.29, 0.717) is 11.1 Å². The Bertz CT molecular complexity index is 598. The smallest absolute Gasteiger partial charge is 0.169 e. The molecule has 0 aliphatic heterocycles. The van der Waals surface area contributed by atoms with Crippen LogP contribution in [0.1, 0.15) is 21.5 Å². The number of pyridine rings is 1. The van der Waals surface area contributed by atoms with Crippen LogP contribution in [0.25, 0.3) is 0 Å². The Balaban J connectivity index is 2.27.